The van der Waals surface area contributed by atoms with Crippen LogP contribution in [0.15, 0.2) is 24.3 Å². The van der Waals surface area contributed by atoms with Gasteiger partial charge in [-0.2, -0.15) is 0 Å². The van der Waals surface area contributed by atoms with E-state index in [1.165, 1.54) is 25.0 Å². The van der Waals surface area contributed by atoms with E-state index in [1.807, 2.05) is 0 Å². The molecular formula is C15H21FO. The zero-order valence-electron chi connectivity index (χ0n) is 10.7. The Bertz CT molecular complexity index is 342. The zero-order valence-corrected chi connectivity index (χ0v) is 10.7. The molecule has 1 unspecified atom stereocenters. The van der Waals surface area contributed by atoms with E-state index >= 15 is 0 Å². The summed E-state index contributed by atoms with van der Waals surface area (Å²) < 4.78 is 12.7. The molecular weight excluding hydrogens is 215 g/mol. The lowest BCUT2D eigenvalue weighted by molar-refractivity contribution is 0.0957. The molecule has 1 aromatic carbocycles. The average molecular weight is 236 g/mol. The molecule has 1 rings (SSSR count). The van der Waals surface area contributed by atoms with Crippen LogP contribution in [0, 0.1) is 11.7 Å². The molecule has 0 amide bonds. The topological polar surface area (TPSA) is 17.1 Å². The molecule has 0 saturated heterocycles. The molecule has 0 bridgehead atoms. The SMILES string of the molecule is CCCCC(CC)CC(=O)c1ccc(F)cc1. The van der Waals surface area contributed by atoms with Gasteiger partial charge < -0.3 is 0 Å². The Balaban J connectivity index is 2.54. The standard InChI is InChI=1S/C15H21FO/c1-3-5-6-12(4-2)11-15(17)13-7-9-14(16)10-8-13/h7-10,12H,3-6,11H2,1-2H3. The summed E-state index contributed by atoms with van der Waals surface area (Å²) in [6.07, 6.45) is 5.07. The van der Waals surface area contributed by atoms with Crippen LogP contribution in [0.1, 0.15) is 56.3 Å². The summed E-state index contributed by atoms with van der Waals surface area (Å²) in [5.41, 5.74) is 0.626. The summed E-state index contributed by atoms with van der Waals surface area (Å²) in [6, 6.07) is 5.84. The van der Waals surface area contributed by atoms with Gasteiger partial charge in [0.15, 0.2) is 5.78 Å². The first kappa shape index (κ1) is 13.9. The normalized spacial score (nSPS) is 12.4. The van der Waals surface area contributed by atoms with Crippen LogP contribution in [-0.4, -0.2) is 5.78 Å². The molecule has 0 radical (unpaired) electrons. The number of carbonyl (C=O) groups is 1. The van der Waals surface area contributed by atoms with E-state index in [9.17, 15) is 9.18 Å². The maximum Gasteiger partial charge on any atom is 0.163 e. The molecule has 0 spiro atoms. The molecule has 17 heavy (non-hydrogen) atoms. The third-order valence-corrected chi connectivity index (χ3v) is 3.18. The van der Waals surface area contributed by atoms with Crippen LogP contribution < -0.4 is 0 Å². The molecule has 0 aromatic heterocycles. The fraction of sp³-hybridized carbons (Fsp3) is 0.533. The van der Waals surface area contributed by atoms with Crippen molar-refractivity contribution >= 4 is 5.78 Å². The summed E-state index contributed by atoms with van der Waals surface area (Å²) in [5.74, 6) is 0.306. The predicted molar refractivity (Wildman–Crippen MR) is 68.7 cm³/mol. The average Bonchev–Trinajstić information content (AvgIpc) is 2.35. The van der Waals surface area contributed by atoms with Gasteiger partial charge in [0.05, 0.1) is 0 Å². The number of ketones is 1. The highest BCUT2D eigenvalue weighted by Crippen LogP contribution is 2.19. The molecule has 1 aromatic rings. The van der Waals surface area contributed by atoms with Crippen molar-refractivity contribution < 1.29 is 9.18 Å². The summed E-state index contributed by atoms with van der Waals surface area (Å²) in [7, 11) is 0. The van der Waals surface area contributed by atoms with Crippen molar-refractivity contribution in [2.75, 3.05) is 0 Å². The van der Waals surface area contributed by atoms with Gasteiger partial charge in [-0.05, 0) is 30.2 Å². The molecule has 0 N–H and O–H groups in total. The smallest absolute Gasteiger partial charge is 0.163 e. The lowest BCUT2D eigenvalue weighted by Crippen LogP contribution is -2.08. The van der Waals surface area contributed by atoms with E-state index in [2.05, 4.69) is 13.8 Å². The van der Waals surface area contributed by atoms with Crippen molar-refractivity contribution in [2.45, 2.75) is 46.0 Å². The number of Topliss-reactive ketones (excluding diaryl/α,β-unsaturated/α-hetero) is 1. The highest BCUT2D eigenvalue weighted by molar-refractivity contribution is 5.96. The van der Waals surface area contributed by atoms with Crippen LogP contribution in [0.5, 0.6) is 0 Å². The van der Waals surface area contributed by atoms with Gasteiger partial charge in [0.2, 0.25) is 0 Å². The van der Waals surface area contributed by atoms with Crippen molar-refractivity contribution in [2.24, 2.45) is 5.92 Å². The Hall–Kier alpha value is -1.18. The van der Waals surface area contributed by atoms with Gasteiger partial charge in [0.25, 0.3) is 0 Å². The molecule has 0 saturated carbocycles. The maximum absolute atomic E-state index is 12.7. The van der Waals surface area contributed by atoms with Crippen LogP contribution in [0.25, 0.3) is 0 Å². The van der Waals surface area contributed by atoms with Crippen LogP contribution in [0.4, 0.5) is 4.39 Å². The van der Waals surface area contributed by atoms with Gasteiger partial charge in [-0.15, -0.1) is 0 Å². The molecule has 0 aliphatic heterocycles. The Morgan fingerprint density at radius 3 is 2.41 bits per heavy atom. The Morgan fingerprint density at radius 1 is 1.24 bits per heavy atom. The number of unbranched alkanes of at least 4 members (excludes halogenated alkanes) is 1. The van der Waals surface area contributed by atoms with Crippen molar-refractivity contribution in [3.05, 3.63) is 35.6 Å². The Kier molecular flexibility index (Phi) is 5.88. The molecule has 0 heterocycles. The van der Waals surface area contributed by atoms with Gasteiger partial charge in [0.1, 0.15) is 5.82 Å². The van der Waals surface area contributed by atoms with Crippen LogP contribution in [-0.2, 0) is 0 Å². The van der Waals surface area contributed by atoms with E-state index in [0.29, 0.717) is 17.9 Å². The molecule has 0 fully saturated rings. The minimum Gasteiger partial charge on any atom is -0.294 e. The first-order valence-corrected chi connectivity index (χ1v) is 6.46. The predicted octanol–water partition coefficient (Wildman–Crippen LogP) is 4.61. The van der Waals surface area contributed by atoms with Gasteiger partial charge in [-0.25, -0.2) is 4.39 Å². The van der Waals surface area contributed by atoms with E-state index in [4.69, 9.17) is 0 Å². The van der Waals surface area contributed by atoms with Gasteiger partial charge in [-0.3, -0.25) is 4.79 Å². The van der Waals surface area contributed by atoms with Crippen LogP contribution in [0.2, 0.25) is 0 Å². The lowest BCUT2D eigenvalue weighted by Gasteiger charge is -2.13. The fourth-order valence-electron chi connectivity index (χ4n) is 1.96. The van der Waals surface area contributed by atoms with Gasteiger partial charge >= 0.3 is 0 Å². The largest absolute Gasteiger partial charge is 0.294 e. The third kappa shape index (κ3) is 4.68. The number of benzene rings is 1. The number of hydrogen-bond donors (Lipinski definition) is 0. The Labute approximate surface area is 103 Å². The fourth-order valence-corrected chi connectivity index (χ4v) is 1.96. The monoisotopic (exact) mass is 236 g/mol. The van der Waals surface area contributed by atoms with E-state index in [1.54, 1.807) is 12.1 Å². The molecule has 0 aliphatic carbocycles. The third-order valence-electron chi connectivity index (χ3n) is 3.18. The molecule has 94 valence electrons. The highest BCUT2D eigenvalue weighted by atomic mass is 19.1. The minimum atomic E-state index is -0.292. The summed E-state index contributed by atoms with van der Waals surface area (Å²) in [5, 5.41) is 0. The second-order valence-electron chi connectivity index (χ2n) is 4.55. The van der Waals surface area contributed by atoms with Gasteiger partial charge in [-0.1, -0.05) is 39.5 Å². The van der Waals surface area contributed by atoms with Crippen molar-refractivity contribution in [3.8, 4) is 0 Å². The van der Waals surface area contributed by atoms with E-state index in [0.717, 1.165) is 12.8 Å². The highest BCUT2D eigenvalue weighted by Gasteiger charge is 2.13. The molecule has 1 atom stereocenters. The second kappa shape index (κ2) is 7.21. The maximum atomic E-state index is 12.7. The summed E-state index contributed by atoms with van der Waals surface area (Å²) in [4.78, 5) is 12.0. The van der Waals surface area contributed by atoms with Gasteiger partial charge in [0, 0.05) is 12.0 Å². The van der Waals surface area contributed by atoms with Crippen molar-refractivity contribution in [1.82, 2.24) is 0 Å². The lowest BCUT2D eigenvalue weighted by atomic mass is 9.91. The van der Waals surface area contributed by atoms with E-state index in [-0.39, 0.29) is 11.6 Å². The summed E-state index contributed by atoms with van der Waals surface area (Å²) >= 11 is 0. The number of halogens is 1. The Morgan fingerprint density at radius 2 is 1.88 bits per heavy atom. The molecule has 2 heteroatoms. The summed E-state index contributed by atoms with van der Waals surface area (Å²) in [6.45, 7) is 4.28. The molecule has 0 aliphatic rings. The number of rotatable bonds is 7. The zero-order chi connectivity index (χ0) is 12.7. The minimum absolute atomic E-state index is 0.132. The van der Waals surface area contributed by atoms with Crippen LogP contribution >= 0.6 is 0 Å². The van der Waals surface area contributed by atoms with E-state index < -0.39 is 0 Å². The van der Waals surface area contributed by atoms with Crippen LogP contribution in [0.3, 0.4) is 0 Å². The first-order chi connectivity index (χ1) is 8.17. The van der Waals surface area contributed by atoms with Crippen molar-refractivity contribution in [3.63, 3.8) is 0 Å². The number of hydrogen-bond acceptors (Lipinski definition) is 1. The molecule has 1 nitrogen and oxygen atoms in total. The second-order valence-corrected chi connectivity index (χ2v) is 4.55. The first-order valence-electron chi connectivity index (χ1n) is 6.46. The quantitative estimate of drug-likeness (QED) is 0.631. The van der Waals surface area contributed by atoms with Crippen molar-refractivity contribution in [1.29, 1.82) is 0 Å². The number of carbonyl (C=O) groups excluding carboxylic acids is 1.